The van der Waals surface area contributed by atoms with E-state index in [0.717, 1.165) is 10.8 Å². The monoisotopic (exact) mass is 232 g/mol. The van der Waals surface area contributed by atoms with Crippen LogP contribution in [-0.4, -0.2) is 34.9 Å². The lowest BCUT2D eigenvalue weighted by Gasteiger charge is -2.19. The van der Waals surface area contributed by atoms with Crippen molar-refractivity contribution in [3.05, 3.63) is 42.2 Å². The molecule has 90 valence electrons. The minimum atomic E-state index is -0.907. The first-order chi connectivity index (χ1) is 8.24. The van der Waals surface area contributed by atoms with Gasteiger partial charge in [-0.15, -0.1) is 0 Å². The predicted molar refractivity (Wildman–Crippen MR) is 66.6 cm³/mol. The van der Waals surface area contributed by atoms with Crippen molar-refractivity contribution in [1.29, 1.82) is 0 Å². The molecule has 2 aromatic rings. The molecule has 17 heavy (non-hydrogen) atoms. The fourth-order valence-corrected chi connectivity index (χ4v) is 1.92. The van der Waals surface area contributed by atoms with E-state index in [1.165, 1.54) is 0 Å². The lowest BCUT2D eigenvalue weighted by Crippen LogP contribution is -2.29. The van der Waals surface area contributed by atoms with E-state index in [9.17, 15) is 10.2 Å². The van der Waals surface area contributed by atoms with Crippen LogP contribution in [0.5, 0.6) is 0 Å². The summed E-state index contributed by atoms with van der Waals surface area (Å²) in [5.41, 5.74) is 0.707. The summed E-state index contributed by atoms with van der Waals surface area (Å²) in [7, 11) is 1.74. The van der Waals surface area contributed by atoms with Gasteiger partial charge in [0.2, 0.25) is 0 Å². The van der Waals surface area contributed by atoms with Crippen molar-refractivity contribution in [3.8, 4) is 0 Å². The van der Waals surface area contributed by atoms with E-state index in [1.807, 2.05) is 24.3 Å². The van der Waals surface area contributed by atoms with Gasteiger partial charge in [0.1, 0.15) is 6.10 Å². The molecule has 4 heteroatoms. The molecule has 2 rings (SSSR count). The van der Waals surface area contributed by atoms with Crippen LogP contribution in [0.2, 0.25) is 0 Å². The number of nitrogens with zero attached hydrogens (tertiary/aromatic N) is 1. The average Bonchev–Trinajstić information content (AvgIpc) is 2.37. The van der Waals surface area contributed by atoms with E-state index in [1.54, 1.807) is 19.4 Å². The number of hydrogen-bond donors (Lipinski definition) is 3. The van der Waals surface area contributed by atoms with Crippen molar-refractivity contribution in [2.45, 2.75) is 12.2 Å². The second-order valence-corrected chi connectivity index (χ2v) is 4.01. The second kappa shape index (κ2) is 5.23. The van der Waals surface area contributed by atoms with E-state index in [0.29, 0.717) is 12.1 Å². The molecule has 2 atom stereocenters. The number of hydrogen-bond acceptors (Lipinski definition) is 4. The highest BCUT2D eigenvalue weighted by Crippen LogP contribution is 2.25. The third kappa shape index (κ3) is 2.44. The third-order valence-electron chi connectivity index (χ3n) is 2.81. The molecular formula is C13H16N2O2. The normalized spacial score (nSPS) is 14.8. The maximum Gasteiger partial charge on any atom is 0.107 e. The summed E-state index contributed by atoms with van der Waals surface area (Å²) in [6.07, 6.45) is 1.68. The zero-order valence-corrected chi connectivity index (χ0v) is 9.67. The largest absolute Gasteiger partial charge is 0.389 e. The highest BCUT2D eigenvalue weighted by atomic mass is 16.3. The standard InChI is InChI=1S/C13H16N2O2/c1-14-8-12(16)13(17)10-4-2-3-9-5-6-15-7-11(9)10/h2-7,12-14,16-17H,8H2,1H3. The Bertz CT molecular complexity index is 496. The molecule has 0 aliphatic rings. The summed E-state index contributed by atoms with van der Waals surface area (Å²) in [4.78, 5) is 4.05. The Balaban J connectivity index is 2.41. The lowest BCUT2D eigenvalue weighted by atomic mass is 9.99. The molecule has 0 fully saturated rings. The Morgan fingerprint density at radius 3 is 2.88 bits per heavy atom. The van der Waals surface area contributed by atoms with Crippen LogP contribution < -0.4 is 5.32 Å². The van der Waals surface area contributed by atoms with Gasteiger partial charge in [0.05, 0.1) is 6.10 Å². The molecular weight excluding hydrogens is 216 g/mol. The number of benzene rings is 1. The topological polar surface area (TPSA) is 65.4 Å². The van der Waals surface area contributed by atoms with Crippen molar-refractivity contribution < 1.29 is 10.2 Å². The molecule has 0 saturated carbocycles. The van der Waals surface area contributed by atoms with Gasteiger partial charge in [-0.2, -0.15) is 0 Å². The number of aliphatic hydroxyl groups excluding tert-OH is 2. The highest BCUT2D eigenvalue weighted by Gasteiger charge is 2.19. The number of pyridine rings is 1. The van der Waals surface area contributed by atoms with Crippen LogP contribution in [-0.2, 0) is 0 Å². The summed E-state index contributed by atoms with van der Waals surface area (Å²) in [5, 5.41) is 24.6. The van der Waals surface area contributed by atoms with E-state index < -0.39 is 12.2 Å². The maximum absolute atomic E-state index is 10.1. The second-order valence-electron chi connectivity index (χ2n) is 4.01. The molecule has 0 aliphatic carbocycles. The molecule has 0 aliphatic heterocycles. The SMILES string of the molecule is CNCC(O)C(O)c1cccc2ccncc12. The molecule has 0 amide bonds. The van der Waals surface area contributed by atoms with Crippen molar-refractivity contribution in [2.24, 2.45) is 0 Å². The molecule has 0 radical (unpaired) electrons. The van der Waals surface area contributed by atoms with Crippen molar-refractivity contribution in [2.75, 3.05) is 13.6 Å². The van der Waals surface area contributed by atoms with Gasteiger partial charge in [0.15, 0.2) is 0 Å². The van der Waals surface area contributed by atoms with Gasteiger partial charge < -0.3 is 15.5 Å². The fraction of sp³-hybridized carbons (Fsp3) is 0.308. The van der Waals surface area contributed by atoms with Crippen molar-refractivity contribution in [3.63, 3.8) is 0 Å². The summed E-state index contributed by atoms with van der Waals surface area (Å²) in [5.74, 6) is 0. The number of rotatable bonds is 4. The van der Waals surface area contributed by atoms with Crippen LogP contribution in [0.25, 0.3) is 10.8 Å². The lowest BCUT2D eigenvalue weighted by molar-refractivity contribution is 0.0211. The van der Waals surface area contributed by atoms with Gasteiger partial charge in [0, 0.05) is 24.3 Å². The molecule has 1 heterocycles. The maximum atomic E-state index is 10.1. The van der Waals surface area contributed by atoms with Crippen LogP contribution in [0.1, 0.15) is 11.7 Å². The molecule has 0 saturated heterocycles. The summed E-state index contributed by atoms with van der Waals surface area (Å²) >= 11 is 0. The molecule has 1 aromatic heterocycles. The van der Waals surface area contributed by atoms with Gasteiger partial charge in [-0.25, -0.2) is 0 Å². The van der Waals surface area contributed by atoms with Crippen LogP contribution >= 0.6 is 0 Å². The minimum Gasteiger partial charge on any atom is -0.389 e. The number of aliphatic hydroxyl groups is 2. The molecule has 1 aromatic carbocycles. The molecule has 2 unspecified atom stereocenters. The van der Waals surface area contributed by atoms with Gasteiger partial charge >= 0.3 is 0 Å². The fourth-order valence-electron chi connectivity index (χ4n) is 1.92. The van der Waals surface area contributed by atoms with Gasteiger partial charge in [-0.3, -0.25) is 4.98 Å². The number of nitrogens with one attached hydrogen (secondary N) is 1. The third-order valence-corrected chi connectivity index (χ3v) is 2.81. The Hall–Kier alpha value is -1.49. The summed E-state index contributed by atoms with van der Waals surface area (Å²) < 4.78 is 0. The van der Waals surface area contributed by atoms with Crippen molar-refractivity contribution in [1.82, 2.24) is 10.3 Å². The zero-order chi connectivity index (χ0) is 12.3. The Labute approximate surface area is 99.9 Å². The van der Waals surface area contributed by atoms with Gasteiger partial charge in [-0.05, 0) is 24.1 Å². The number of likely N-dealkylation sites (N-methyl/N-ethyl adjacent to an activating group) is 1. The summed E-state index contributed by atoms with van der Waals surface area (Å²) in [6.45, 7) is 0.345. The highest BCUT2D eigenvalue weighted by molar-refractivity contribution is 5.85. The Morgan fingerprint density at radius 2 is 2.12 bits per heavy atom. The van der Waals surface area contributed by atoms with Gasteiger partial charge in [-0.1, -0.05) is 18.2 Å². The quantitative estimate of drug-likeness (QED) is 0.731. The van der Waals surface area contributed by atoms with Crippen molar-refractivity contribution >= 4 is 10.8 Å². The van der Waals surface area contributed by atoms with Crippen LogP contribution in [0.15, 0.2) is 36.7 Å². The summed E-state index contributed by atoms with van der Waals surface area (Å²) in [6, 6.07) is 7.52. The predicted octanol–water partition coefficient (Wildman–Crippen LogP) is 0.848. The van der Waals surface area contributed by atoms with E-state index in [2.05, 4.69) is 10.3 Å². The first-order valence-corrected chi connectivity index (χ1v) is 5.57. The van der Waals surface area contributed by atoms with Crippen LogP contribution in [0, 0.1) is 0 Å². The molecule has 3 N–H and O–H groups in total. The first-order valence-electron chi connectivity index (χ1n) is 5.57. The first kappa shape index (κ1) is 12.0. The Morgan fingerprint density at radius 1 is 1.29 bits per heavy atom. The van der Waals surface area contributed by atoms with E-state index in [-0.39, 0.29) is 0 Å². The zero-order valence-electron chi connectivity index (χ0n) is 9.67. The molecule has 0 spiro atoms. The van der Waals surface area contributed by atoms with Crippen LogP contribution in [0.3, 0.4) is 0 Å². The average molecular weight is 232 g/mol. The van der Waals surface area contributed by atoms with Gasteiger partial charge in [0.25, 0.3) is 0 Å². The molecule has 0 bridgehead atoms. The van der Waals surface area contributed by atoms with E-state index >= 15 is 0 Å². The molecule has 4 nitrogen and oxygen atoms in total. The van der Waals surface area contributed by atoms with E-state index in [4.69, 9.17) is 0 Å². The number of aromatic nitrogens is 1. The minimum absolute atomic E-state index is 0.345. The van der Waals surface area contributed by atoms with Crippen LogP contribution in [0.4, 0.5) is 0 Å². The Kier molecular flexibility index (Phi) is 3.68. The smallest absolute Gasteiger partial charge is 0.107 e. The number of fused-ring (bicyclic) bond motifs is 1.